The Morgan fingerprint density at radius 3 is 2.56 bits per heavy atom. The summed E-state index contributed by atoms with van der Waals surface area (Å²) in [5.41, 5.74) is 0. The van der Waals surface area contributed by atoms with Crippen molar-refractivity contribution in [3.63, 3.8) is 0 Å². The van der Waals surface area contributed by atoms with Crippen molar-refractivity contribution in [2.45, 2.75) is 30.7 Å². The van der Waals surface area contributed by atoms with E-state index in [4.69, 9.17) is 5.11 Å². The zero-order chi connectivity index (χ0) is 13.9. The third-order valence-electron chi connectivity index (χ3n) is 2.15. The van der Waals surface area contributed by atoms with Crippen molar-refractivity contribution in [2.75, 3.05) is 0 Å². The first-order chi connectivity index (χ1) is 8.26. The second-order valence-corrected chi connectivity index (χ2v) is 8.94. The third kappa shape index (κ3) is 4.30. The highest BCUT2D eigenvalue weighted by Crippen LogP contribution is 2.34. The van der Waals surface area contributed by atoms with Gasteiger partial charge in [-0.3, -0.25) is 4.79 Å². The van der Waals surface area contributed by atoms with Crippen molar-refractivity contribution in [1.29, 1.82) is 0 Å². The van der Waals surface area contributed by atoms with Gasteiger partial charge in [0.25, 0.3) is 0 Å². The number of halogens is 2. The predicted molar refractivity (Wildman–Crippen MR) is 76.4 cm³/mol. The largest absolute Gasteiger partial charge is 0.481 e. The van der Waals surface area contributed by atoms with E-state index >= 15 is 0 Å². The Morgan fingerprint density at radius 1 is 1.56 bits per heavy atom. The molecule has 0 aliphatic heterocycles. The molecule has 0 saturated heterocycles. The van der Waals surface area contributed by atoms with Crippen LogP contribution in [0.3, 0.4) is 0 Å². The van der Waals surface area contributed by atoms with Gasteiger partial charge in [-0.1, -0.05) is 6.92 Å². The normalized spacial score (nSPS) is 13.5. The van der Waals surface area contributed by atoms with Gasteiger partial charge in [-0.05, 0) is 44.3 Å². The number of carboxylic acids is 1. The molecule has 1 unspecified atom stereocenters. The average Bonchev–Trinajstić information content (AvgIpc) is 2.56. The van der Waals surface area contributed by atoms with Crippen molar-refractivity contribution in [1.82, 2.24) is 4.72 Å². The molecule has 9 heteroatoms. The second kappa shape index (κ2) is 6.47. The summed E-state index contributed by atoms with van der Waals surface area (Å²) >= 11 is 7.61. The van der Waals surface area contributed by atoms with Gasteiger partial charge in [0.1, 0.15) is 4.90 Å². The zero-order valence-electron chi connectivity index (χ0n) is 9.31. The van der Waals surface area contributed by atoms with E-state index in [9.17, 15) is 13.2 Å². The van der Waals surface area contributed by atoms with E-state index in [1.54, 1.807) is 6.92 Å². The van der Waals surface area contributed by atoms with Crippen LogP contribution in [0.5, 0.6) is 0 Å². The van der Waals surface area contributed by atoms with Crippen LogP contribution < -0.4 is 4.72 Å². The molecular weight excluding hydrogens is 410 g/mol. The maximum atomic E-state index is 12.1. The Bertz CT molecular complexity index is 541. The molecule has 5 nitrogen and oxygen atoms in total. The Balaban J connectivity index is 2.94. The van der Waals surface area contributed by atoms with Gasteiger partial charge in [-0.25, -0.2) is 13.1 Å². The summed E-state index contributed by atoms with van der Waals surface area (Å²) in [5, 5.41) is 8.69. The van der Waals surface area contributed by atoms with Gasteiger partial charge in [-0.15, -0.1) is 11.3 Å². The van der Waals surface area contributed by atoms with Crippen LogP contribution in [0.4, 0.5) is 0 Å². The molecule has 0 saturated carbocycles. The number of rotatable bonds is 6. The Morgan fingerprint density at radius 2 is 2.17 bits per heavy atom. The summed E-state index contributed by atoms with van der Waals surface area (Å²) in [6.45, 7) is 1.73. The molecule has 0 amide bonds. The number of nitrogens with one attached hydrogen (secondary N) is 1. The van der Waals surface area contributed by atoms with Gasteiger partial charge in [0, 0.05) is 6.04 Å². The first-order valence-corrected chi connectivity index (χ1v) is 8.83. The van der Waals surface area contributed by atoms with Crippen LogP contribution in [-0.2, 0) is 14.8 Å². The molecule has 1 heterocycles. The van der Waals surface area contributed by atoms with Crippen LogP contribution in [0.1, 0.15) is 19.8 Å². The molecule has 0 bridgehead atoms. The van der Waals surface area contributed by atoms with Crippen LogP contribution >= 0.6 is 43.2 Å². The molecule has 1 aromatic rings. The van der Waals surface area contributed by atoms with Crippen molar-refractivity contribution in [2.24, 2.45) is 0 Å². The number of thiophene rings is 1. The molecule has 0 radical (unpaired) electrons. The fraction of sp³-hybridized carbons (Fsp3) is 0.444. The quantitative estimate of drug-likeness (QED) is 0.741. The maximum Gasteiger partial charge on any atom is 0.304 e. The SMILES string of the molecule is CCC(CC(=O)O)NS(=O)(=O)c1cc(Br)sc1Br. The lowest BCUT2D eigenvalue weighted by atomic mass is 10.2. The van der Waals surface area contributed by atoms with E-state index in [1.165, 1.54) is 17.4 Å². The van der Waals surface area contributed by atoms with Crippen LogP contribution in [0, 0.1) is 0 Å². The monoisotopic (exact) mass is 419 g/mol. The lowest BCUT2D eigenvalue weighted by Gasteiger charge is -2.14. The molecule has 0 aliphatic rings. The Kier molecular flexibility index (Phi) is 5.78. The Labute approximate surface area is 126 Å². The Hall–Kier alpha value is 0.0400. The number of carboxylic acid groups (broad SMARTS) is 1. The number of aliphatic carboxylic acids is 1. The minimum Gasteiger partial charge on any atom is -0.481 e. The van der Waals surface area contributed by atoms with E-state index < -0.39 is 22.0 Å². The second-order valence-electron chi connectivity index (χ2n) is 3.51. The average molecular weight is 421 g/mol. The number of hydrogen-bond donors (Lipinski definition) is 2. The number of sulfonamides is 1. The molecule has 18 heavy (non-hydrogen) atoms. The van der Waals surface area contributed by atoms with Crippen LogP contribution in [-0.4, -0.2) is 25.5 Å². The molecule has 0 spiro atoms. The van der Waals surface area contributed by atoms with Crippen molar-refractivity contribution >= 4 is 59.2 Å². The van der Waals surface area contributed by atoms with Gasteiger partial charge in [0.05, 0.1) is 14.0 Å². The zero-order valence-corrected chi connectivity index (χ0v) is 14.1. The van der Waals surface area contributed by atoms with E-state index in [2.05, 4.69) is 36.6 Å². The highest BCUT2D eigenvalue weighted by molar-refractivity contribution is 9.12. The third-order valence-corrected chi connectivity index (χ3v) is 6.43. The van der Waals surface area contributed by atoms with Gasteiger partial charge in [0.2, 0.25) is 10.0 Å². The fourth-order valence-electron chi connectivity index (χ4n) is 1.27. The summed E-state index contributed by atoms with van der Waals surface area (Å²) in [6, 6.07) is 0.864. The minimum atomic E-state index is -3.71. The van der Waals surface area contributed by atoms with E-state index in [0.29, 0.717) is 14.0 Å². The molecule has 0 aromatic carbocycles. The summed E-state index contributed by atoms with van der Waals surface area (Å²) in [6.07, 6.45) is 0.174. The van der Waals surface area contributed by atoms with Gasteiger partial charge in [0.15, 0.2) is 0 Å². The predicted octanol–water partition coefficient (Wildman–Crippen LogP) is 2.80. The topological polar surface area (TPSA) is 83.5 Å². The van der Waals surface area contributed by atoms with Gasteiger partial charge in [-0.2, -0.15) is 0 Å². The lowest BCUT2D eigenvalue weighted by Crippen LogP contribution is -2.35. The maximum absolute atomic E-state index is 12.1. The summed E-state index contributed by atoms with van der Waals surface area (Å²) in [4.78, 5) is 10.7. The summed E-state index contributed by atoms with van der Waals surface area (Å²) in [5.74, 6) is -1.03. The number of carbonyl (C=O) groups is 1. The molecule has 0 fully saturated rings. The van der Waals surface area contributed by atoms with Crippen molar-refractivity contribution < 1.29 is 18.3 Å². The van der Waals surface area contributed by atoms with Crippen molar-refractivity contribution in [3.8, 4) is 0 Å². The molecule has 2 N–H and O–H groups in total. The van der Waals surface area contributed by atoms with Gasteiger partial charge < -0.3 is 5.11 Å². The summed E-state index contributed by atoms with van der Waals surface area (Å²) < 4.78 is 27.7. The molecular formula is C9H11Br2NO4S2. The van der Waals surface area contributed by atoms with Crippen LogP contribution in [0.15, 0.2) is 18.5 Å². The van der Waals surface area contributed by atoms with Gasteiger partial charge >= 0.3 is 5.97 Å². The van der Waals surface area contributed by atoms with E-state index in [1.807, 2.05) is 0 Å². The molecule has 0 aliphatic carbocycles. The first-order valence-electron chi connectivity index (χ1n) is 4.95. The molecule has 102 valence electrons. The van der Waals surface area contributed by atoms with Crippen LogP contribution in [0.25, 0.3) is 0 Å². The smallest absolute Gasteiger partial charge is 0.304 e. The molecule has 1 atom stereocenters. The highest BCUT2D eigenvalue weighted by Gasteiger charge is 2.24. The van der Waals surface area contributed by atoms with E-state index in [-0.39, 0.29) is 11.3 Å². The number of hydrogen-bond acceptors (Lipinski definition) is 4. The van der Waals surface area contributed by atoms with E-state index in [0.717, 1.165) is 0 Å². The lowest BCUT2D eigenvalue weighted by molar-refractivity contribution is -0.137. The standard InChI is InChI=1S/C9H11Br2NO4S2/c1-2-5(3-8(13)14)12-18(15,16)6-4-7(10)17-9(6)11/h4-5,12H,2-3H2,1H3,(H,13,14). The molecule has 1 rings (SSSR count). The van der Waals surface area contributed by atoms with Crippen molar-refractivity contribution in [3.05, 3.63) is 13.6 Å². The highest BCUT2D eigenvalue weighted by atomic mass is 79.9. The minimum absolute atomic E-state index is 0.114. The fourth-order valence-corrected chi connectivity index (χ4v) is 6.40. The van der Waals surface area contributed by atoms with Crippen LogP contribution in [0.2, 0.25) is 0 Å². The molecule has 1 aromatic heterocycles. The summed E-state index contributed by atoms with van der Waals surface area (Å²) in [7, 11) is -3.71. The first kappa shape index (κ1) is 16.1.